The van der Waals surface area contributed by atoms with Crippen molar-refractivity contribution in [2.24, 2.45) is 7.05 Å². The first kappa shape index (κ1) is 10.8. The molecule has 0 bridgehead atoms. The maximum absolute atomic E-state index is 11.2. The fourth-order valence-electron chi connectivity index (χ4n) is 2.02. The van der Waals surface area contributed by atoms with Crippen molar-refractivity contribution in [3.8, 4) is 0 Å². The lowest BCUT2D eigenvalue weighted by Crippen LogP contribution is -2.30. The zero-order valence-electron chi connectivity index (χ0n) is 9.66. The first-order chi connectivity index (χ1) is 7.59. The van der Waals surface area contributed by atoms with E-state index in [0.29, 0.717) is 25.2 Å². The average molecular weight is 223 g/mol. The van der Waals surface area contributed by atoms with Crippen LogP contribution in [0.1, 0.15) is 12.1 Å². The van der Waals surface area contributed by atoms with Gasteiger partial charge < -0.3 is 16.0 Å². The van der Waals surface area contributed by atoms with Crippen LogP contribution in [0.2, 0.25) is 0 Å². The van der Waals surface area contributed by atoms with Crippen LogP contribution in [0.25, 0.3) is 0 Å². The molecule has 2 heterocycles. The summed E-state index contributed by atoms with van der Waals surface area (Å²) in [7, 11) is 1.87. The third-order valence-electron chi connectivity index (χ3n) is 2.85. The Kier molecular flexibility index (Phi) is 2.72. The van der Waals surface area contributed by atoms with E-state index in [-0.39, 0.29) is 5.91 Å². The molecule has 0 radical (unpaired) electrons. The number of aromatic nitrogens is 2. The minimum Gasteiger partial charge on any atom is -0.394 e. The molecular weight excluding hydrogens is 206 g/mol. The lowest BCUT2D eigenvalue weighted by Gasteiger charge is -2.22. The van der Waals surface area contributed by atoms with E-state index in [0.717, 1.165) is 18.1 Å². The van der Waals surface area contributed by atoms with Crippen molar-refractivity contribution >= 4 is 17.4 Å². The molecule has 0 spiro atoms. The monoisotopic (exact) mass is 223 g/mol. The Balaban J connectivity index is 2.26. The lowest BCUT2D eigenvalue weighted by atomic mass is 10.3. The number of aryl methyl sites for hydroxylation is 2. The molecule has 2 rings (SSSR count). The summed E-state index contributed by atoms with van der Waals surface area (Å²) >= 11 is 0. The number of nitrogens with one attached hydrogen (secondary N) is 1. The van der Waals surface area contributed by atoms with Gasteiger partial charge in [-0.15, -0.1) is 0 Å². The van der Waals surface area contributed by atoms with E-state index in [9.17, 15) is 4.79 Å². The normalized spacial score (nSPS) is 17.1. The molecule has 1 aliphatic rings. The molecule has 1 aromatic heterocycles. The van der Waals surface area contributed by atoms with Gasteiger partial charge in [0.15, 0.2) is 0 Å². The Bertz CT molecular complexity index is 412. The van der Waals surface area contributed by atoms with Crippen LogP contribution in [0.15, 0.2) is 0 Å². The van der Waals surface area contributed by atoms with Gasteiger partial charge in [-0.2, -0.15) is 5.10 Å². The second-order valence-electron chi connectivity index (χ2n) is 4.03. The molecule has 1 aromatic rings. The maximum atomic E-state index is 11.2. The molecule has 88 valence electrons. The van der Waals surface area contributed by atoms with E-state index in [1.54, 1.807) is 4.68 Å². The van der Waals surface area contributed by atoms with Crippen molar-refractivity contribution in [3.05, 3.63) is 5.69 Å². The van der Waals surface area contributed by atoms with Crippen molar-refractivity contribution in [2.75, 3.05) is 30.3 Å². The summed E-state index contributed by atoms with van der Waals surface area (Å²) in [5.41, 5.74) is 7.53. The summed E-state index contributed by atoms with van der Waals surface area (Å²) in [6.07, 6.45) is 0.504. The molecule has 3 N–H and O–H groups in total. The van der Waals surface area contributed by atoms with Gasteiger partial charge in [0.05, 0.1) is 11.4 Å². The van der Waals surface area contributed by atoms with Crippen LogP contribution in [-0.4, -0.2) is 35.3 Å². The molecule has 0 aromatic carbocycles. The van der Waals surface area contributed by atoms with Crippen LogP contribution < -0.4 is 16.0 Å². The number of hydrogen-bond acceptors (Lipinski definition) is 4. The molecule has 0 saturated carbocycles. The van der Waals surface area contributed by atoms with Gasteiger partial charge in [-0.05, 0) is 6.92 Å². The van der Waals surface area contributed by atoms with E-state index >= 15 is 0 Å². The van der Waals surface area contributed by atoms with Gasteiger partial charge in [-0.25, -0.2) is 0 Å². The van der Waals surface area contributed by atoms with E-state index in [1.165, 1.54) is 0 Å². The number of nitrogens with zero attached hydrogens (tertiary/aromatic N) is 3. The molecule has 1 amide bonds. The maximum Gasteiger partial charge on any atom is 0.221 e. The Labute approximate surface area is 94.4 Å². The van der Waals surface area contributed by atoms with Crippen molar-refractivity contribution in [3.63, 3.8) is 0 Å². The highest BCUT2D eigenvalue weighted by molar-refractivity contribution is 5.77. The Morgan fingerprint density at radius 3 is 2.81 bits per heavy atom. The van der Waals surface area contributed by atoms with E-state index < -0.39 is 0 Å². The molecule has 1 fully saturated rings. The van der Waals surface area contributed by atoms with Crippen LogP contribution in [0.4, 0.5) is 11.5 Å². The number of carbonyl (C=O) groups excluding carboxylic acids is 1. The fourth-order valence-corrected chi connectivity index (χ4v) is 2.02. The highest BCUT2D eigenvalue weighted by Crippen LogP contribution is 2.25. The Morgan fingerprint density at radius 2 is 2.19 bits per heavy atom. The summed E-state index contributed by atoms with van der Waals surface area (Å²) in [6, 6.07) is 0. The number of nitrogen functional groups attached to an aromatic ring is 1. The summed E-state index contributed by atoms with van der Waals surface area (Å²) in [5.74, 6) is 1.01. The van der Waals surface area contributed by atoms with Crippen LogP contribution in [-0.2, 0) is 11.8 Å². The van der Waals surface area contributed by atoms with Gasteiger partial charge in [0.25, 0.3) is 0 Å². The minimum atomic E-state index is 0.0972. The summed E-state index contributed by atoms with van der Waals surface area (Å²) in [6.45, 7) is 4.01. The quantitative estimate of drug-likeness (QED) is 0.681. The first-order valence-corrected chi connectivity index (χ1v) is 5.40. The predicted molar refractivity (Wildman–Crippen MR) is 62.2 cm³/mol. The molecule has 1 aliphatic heterocycles. The topological polar surface area (TPSA) is 76.2 Å². The van der Waals surface area contributed by atoms with Crippen molar-refractivity contribution < 1.29 is 4.79 Å². The fraction of sp³-hybridized carbons (Fsp3) is 0.600. The van der Waals surface area contributed by atoms with Crippen molar-refractivity contribution in [1.29, 1.82) is 0 Å². The van der Waals surface area contributed by atoms with Crippen LogP contribution in [0, 0.1) is 6.92 Å². The first-order valence-electron chi connectivity index (χ1n) is 5.40. The number of carbonyl (C=O) groups is 1. The predicted octanol–water partition coefficient (Wildman–Crippen LogP) is -0.363. The SMILES string of the molecule is Cc1nn(C)c(N2CCNC(=O)CC2)c1N. The molecule has 6 heteroatoms. The summed E-state index contributed by atoms with van der Waals surface area (Å²) < 4.78 is 1.78. The third kappa shape index (κ3) is 1.82. The van der Waals surface area contributed by atoms with Gasteiger partial charge >= 0.3 is 0 Å². The number of amides is 1. The Hall–Kier alpha value is -1.72. The van der Waals surface area contributed by atoms with E-state index in [2.05, 4.69) is 15.3 Å². The summed E-state index contributed by atoms with van der Waals surface area (Å²) in [5, 5.41) is 7.12. The molecule has 16 heavy (non-hydrogen) atoms. The smallest absolute Gasteiger partial charge is 0.221 e. The van der Waals surface area contributed by atoms with Crippen LogP contribution in [0.5, 0.6) is 0 Å². The standard InChI is InChI=1S/C10H17N5O/c1-7-9(11)10(14(2)13-7)15-5-3-8(16)12-4-6-15/h3-6,11H2,1-2H3,(H,12,16). The molecule has 0 unspecified atom stereocenters. The van der Waals surface area contributed by atoms with Crippen LogP contribution >= 0.6 is 0 Å². The third-order valence-corrected chi connectivity index (χ3v) is 2.85. The molecule has 0 atom stereocenters. The Morgan fingerprint density at radius 1 is 1.44 bits per heavy atom. The lowest BCUT2D eigenvalue weighted by molar-refractivity contribution is -0.120. The van der Waals surface area contributed by atoms with E-state index in [1.807, 2.05) is 14.0 Å². The second-order valence-corrected chi connectivity index (χ2v) is 4.03. The van der Waals surface area contributed by atoms with Gasteiger partial charge in [-0.1, -0.05) is 0 Å². The zero-order chi connectivity index (χ0) is 11.7. The molecule has 1 saturated heterocycles. The number of anilines is 2. The van der Waals surface area contributed by atoms with Gasteiger partial charge in [0.2, 0.25) is 5.91 Å². The molecule has 0 aliphatic carbocycles. The van der Waals surface area contributed by atoms with Gasteiger partial charge in [-0.3, -0.25) is 9.48 Å². The van der Waals surface area contributed by atoms with Crippen molar-refractivity contribution in [2.45, 2.75) is 13.3 Å². The van der Waals surface area contributed by atoms with Gasteiger partial charge in [0, 0.05) is 33.1 Å². The van der Waals surface area contributed by atoms with Gasteiger partial charge in [0.1, 0.15) is 5.82 Å². The van der Waals surface area contributed by atoms with Crippen LogP contribution in [0.3, 0.4) is 0 Å². The highest BCUT2D eigenvalue weighted by atomic mass is 16.1. The van der Waals surface area contributed by atoms with Crippen molar-refractivity contribution in [1.82, 2.24) is 15.1 Å². The zero-order valence-corrected chi connectivity index (χ0v) is 9.66. The van der Waals surface area contributed by atoms with E-state index in [4.69, 9.17) is 5.73 Å². The second kappa shape index (κ2) is 4.03. The number of rotatable bonds is 1. The average Bonchev–Trinajstić information content (AvgIpc) is 2.42. The molecule has 6 nitrogen and oxygen atoms in total. The molecular formula is C10H17N5O. The number of hydrogen-bond donors (Lipinski definition) is 2. The highest BCUT2D eigenvalue weighted by Gasteiger charge is 2.20. The largest absolute Gasteiger partial charge is 0.394 e. The minimum absolute atomic E-state index is 0.0972. The number of nitrogens with two attached hydrogens (primary N) is 1. The summed E-state index contributed by atoms with van der Waals surface area (Å²) in [4.78, 5) is 13.3.